The van der Waals surface area contributed by atoms with Gasteiger partial charge in [0, 0.05) is 25.6 Å². The number of benzene rings is 1. The van der Waals surface area contributed by atoms with Gasteiger partial charge in [0.2, 0.25) is 0 Å². The van der Waals surface area contributed by atoms with Crippen LogP contribution >= 0.6 is 0 Å². The molecule has 0 radical (unpaired) electrons. The Morgan fingerprint density at radius 1 is 1.30 bits per heavy atom. The quantitative estimate of drug-likeness (QED) is 0.485. The summed E-state index contributed by atoms with van der Waals surface area (Å²) in [5.74, 6) is -1.95. The smallest absolute Gasteiger partial charge is 0.312 e. The van der Waals surface area contributed by atoms with Crippen molar-refractivity contribution in [2.45, 2.75) is 51.3 Å². The van der Waals surface area contributed by atoms with E-state index in [2.05, 4.69) is 0 Å². The fraction of sp³-hybridized carbons (Fsp3) is 0.588. The Hall–Kier alpha value is -1.47. The number of rotatable bonds is 4. The minimum atomic E-state index is -1.63. The first kappa shape index (κ1) is 16.4. The molecule has 0 aromatic heterocycles. The van der Waals surface area contributed by atoms with Gasteiger partial charge in [0.1, 0.15) is 0 Å². The van der Waals surface area contributed by atoms with Crippen LogP contribution in [0.1, 0.15) is 39.2 Å². The van der Waals surface area contributed by atoms with Crippen LogP contribution in [-0.4, -0.2) is 31.5 Å². The number of hydrogen-bond donors (Lipinski definition) is 0. The fourth-order valence-electron chi connectivity index (χ4n) is 2.71. The van der Waals surface area contributed by atoms with Gasteiger partial charge in [0.25, 0.3) is 5.91 Å². The molecule has 2 aliphatic rings. The third kappa shape index (κ3) is 2.99. The SMILES string of the molecule is CN1C(=O)C(OOC(C)(C)C)(OC2CCCO2)c2ccccc21. The second-order valence-electron chi connectivity index (χ2n) is 6.84. The summed E-state index contributed by atoms with van der Waals surface area (Å²) in [5.41, 5.74) is 0.795. The normalized spacial score (nSPS) is 27.6. The molecule has 0 aliphatic carbocycles. The van der Waals surface area contributed by atoms with Gasteiger partial charge >= 0.3 is 5.79 Å². The van der Waals surface area contributed by atoms with Gasteiger partial charge in [-0.1, -0.05) is 18.2 Å². The highest BCUT2D eigenvalue weighted by molar-refractivity contribution is 6.05. The molecule has 1 fully saturated rings. The first-order chi connectivity index (χ1) is 10.8. The number of fused-ring (bicyclic) bond motifs is 1. The van der Waals surface area contributed by atoms with Gasteiger partial charge in [0.05, 0.1) is 11.3 Å². The van der Waals surface area contributed by atoms with Crippen molar-refractivity contribution in [3.05, 3.63) is 29.8 Å². The van der Waals surface area contributed by atoms with Gasteiger partial charge < -0.3 is 14.4 Å². The van der Waals surface area contributed by atoms with Crippen LogP contribution in [0.25, 0.3) is 0 Å². The number of amides is 1. The summed E-state index contributed by atoms with van der Waals surface area (Å²) >= 11 is 0. The van der Waals surface area contributed by atoms with Crippen LogP contribution in [0.5, 0.6) is 0 Å². The van der Waals surface area contributed by atoms with Crippen LogP contribution in [0.15, 0.2) is 24.3 Å². The van der Waals surface area contributed by atoms with Crippen molar-refractivity contribution >= 4 is 11.6 Å². The van der Waals surface area contributed by atoms with Crippen molar-refractivity contribution in [2.75, 3.05) is 18.6 Å². The zero-order valence-corrected chi connectivity index (χ0v) is 14.0. The molecule has 1 aromatic rings. The highest BCUT2D eigenvalue weighted by atomic mass is 17.2. The number of ether oxygens (including phenoxy) is 2. The van der Waals surface area contributed by atoms with Crippen molar-refractivity contribution in [1.82, 2.24) is 0 Å². The van der Waals surface area contributed by atoms with E-state index in [-0.39, 0.29) is 5.91 Å². The topological polar surface area (TPSA) is 57.2 Å². The Morgan fingerprint density at radius 2 is 2.04 bits per heavy atom. The summed E-state index contributed by atoms with van der Waals surface area (Å²) in [5, 5.41) is 0. The maximum atomic E-state index is 12.9. The average Bonchev–Trinajstić information content (AvgIpc) is 3.08. The zero-order valence-electron chi connectivity index (χ0n) is 14.0. The lowest BCUT2D eigenvalue weighted by molar-refractivity contribution is -0.463. The van der Waals surface area contributed by atoms with E-state index in [9.17, 15) is 4.79 Å². The Morgan fingerprint density at radius 3 is 2.70 bits per heavy atom. The molecule has 126 valence electrons. The molecule has 0 N–H and O–H groups in total. The van der Waals surface area contributed by atoms with Gasteiger partial charge in [-0.2, -0.15) is 4.89 Å². The molecule has 0 spiro atoms. The van der Waals surface area contributed by atoms with Crippen LogP contribution in [-0.2, 0) is 29.8 Å². The molecule has 0 bridgehead atoms. The van der Waals surface area contributed by atoms with Crippen molar-refractivity contribution in [1.29, 1.82) is 0 Å². The van der Waals surface area contributed by atoms with E-state index in [0.717, 1.165) is 18.5 Å². The summed E-state index contributed by atoms with van der Waals surface area (Å²) in [7, 11) is 1.70. The molecule has 23 heavy (non-hydrogen) atoms. The number of carbonyl (C=O) groups is 1. The number of anilines is 1. The highest BCUT2D eigenvalue weighted by Gasteiger charge is 2.56. The Labute approximate surface area is 136 Å². The Kier molecular flexibility index (Phi) is 4.18. The van der Waals surface area contributed by atoms with Crippen LogP contribution in [0.2, 0.25) is 0 Å². The Bertz CT molecular complexity index is 591. The standard InChI is InChI=1S/C17H23NO5/c1-16(2,3)22-23-17(21-14-10-7-11-20-14)12-8-5-6-9-13(12)18(4)15(17)19/h5-6,8-9,14H,7,10-11H2,1-4H3. The fourth-order valence-corrected chi connectivity index (χ4v) is 2.71. The number of likely N-dealkylation sites (N-methyl/N-ethyl adjacent to an activating group) is 1. The van der Waals surface area contributed by atoms with Gasteiger partial charge in [-0.05, 0) is 33.3 Å². The second kappa shape index (κ2) is 5.87. The van der Waals surface area contributed by atoms with Crippen LogP contribution in [0.3, 0.4) is 0 Å². The van der Waals surface area contributed by atoms with E-state index in [1.54, 1.807) is 7.05 Å². The van der Waals surface area contributed by atoms with Crippen LogP contribution < -0.4 is 4.90 Å². The number of nitrogens with zero attached hydrogens (tertiary/aromatic N) is 1. The molecular formula is C17H23NO5. The van der Waals surface area contributed by atoms with Crippen molar-refractivity contribution in [3.63, 3.8) is 0 Å². The summed E-state index contributed by atoms with van der Waals surface area (Å²) in [6.07, 6.45) is 1.13. The highest BCUT2D eigenvalue weighted by Crippen LogP contribution is 2.45. The zero-order chi connectivity index (χ0) is 16.7. The molecule has 6 nitrogen and oxygen atoms in total. The first-order valence-electron chi connectivity index (χ1n) is 7.87. The summed E-state index contributed by atoms with van der Waals surface area (Å²) in [6, 6.07) is 7.39. The monoisotopic (exact) mass is 321 g/mol. The largest absolute Gasteiger partial charge is 0.352 e. The molecule has 2 aliphatic heterocycles. The summed E-state index contributed by atoms with van der Waals surface area (Å²) < 4.78 is 11.5. The molecule has 1 aromatic carbocycles. The van der Waals surface area contributed by atoms with E-state index in [4.69, 9.17) is 19.2 Å². The summed E-state index contributed by atoms with van der Waals surface area (Å²) in [6.45, 7) is 6.16. The maximum Gasteiger partial charge on any atom is 0.312 e. The summed E-state index contributed by atoms with van der Waals surface area (Å²) in [4.78, 5) is 25.6. The molecule has 0 saturated carbocycles. The lowest BCUT2D eigenvalue weighted by atomic mass is 10.1. The first-order valence-corrected chi connectivity index (χ1v) is 7.87. The van der Waals surface area contributed by atoms with E-state index < -0.39 is 17.7 Å². The van der Waals surface area contributed by atoms with Gasteiger partial charge in [-0.25, -0.2) is 4.89 Å². The number of carbonyl (C=O) groups excluding carboxylic acids is 1. The van der Waals surface area contributed by atoms with Gasteiger partial charge in [-0.3, -0.25) is 4.79 Å². The molecule has 2 atom stereocenters. The van der Waals surface area contributed by atoms with Crippen LogP contribution in [0.4, 0.5) is 5.69 Å². The molecule has 6 heteroatoms. The molecule has 1 saturated heterocycles. The second-order valence-corrected chi connectivity index (χ2v) is 6.84. The van der Waals surface area contributed by atoms with Gasteiger partial charge in [-0.15, -0.1) is 0 Å². The predicted octanol–water partition coefficient (Wildman–Crippen LogP) is 2.72. The minimum absolute atomic E-state index is 0.321. The van der Waals surface area contributed by atoms with E-state index in [1.807, 2.05) is 45.0 Å². The van der Waals surface area contributed by atoms with E-state index in [0.29, 0.717) is 12.2 Å². The lowest BCUT2D eigenvalue weighted by Gasteiger charge is -2.32. The van der Waals surface area contributed by atoms with Crippen LogP contribution in [0, 0.1) is 0 Å². The van der Waals surface area contributed by atoms with Gasteiger partial charge in [0.15, 0.2) is 6.29 Å². The minimum Gasteiger partial charge on any atom is -0.352 e. The third-order valence-electron chi connectivity index (χ3n) is 3.80. The molecule has 2 heterocycles. The maximum absolute atomic E-state index is 12.9. The lowest BCUT2D eigenvalue weighted by Crippen LogP contribution is -2.46. The average molecular weight is 321 g/mol. The molecule has 3 rings (SSSR count). The molecule has 1 amide bonds. The third-order valence-corrected chi connectivity index (χ3v) is 3.80. The van der Waals surface area contributed by atoms with Crippen molar-refractivity contribution in [3.8, 4) is 0 Å². The molecular weight excluding hydrogens is 298 g/mol. The van der Waals surface area contributed by atoms with Crippen molar-refractivity contribution < 1.29 is 24.0 Å². The molecule has 2 unspecified atom stereocenters. The Balaban J connectivity index is 1.98. The van der Waals surface area contributed by atoms with E-state index >= 15 is 0 Å². The number of para-hydroxylation sites is 1. The predicted molar refractivity (Wildman–Crippen MR) is 83.5 cm³/mol. The number of hydrogen-bond acceptors (Lipinski definition) is 5. The van der Waals surface area contributed by atoms with E-state index in [1.165, 1.54) is 4.90 Å². The van der Waals surface area contributed by atoms with Crippen molar-refractivity contribution in [2.24, 2.45) is 0 Å².